The van der Waals surface area contributed by atoms with Gasteiger partial charge in [-0.05, 0) is 82.5 Å². The van der Waals surface area contributed by atoms with Crippen LogP contribution in [0.5, 0.6) is 11.5 Å². The first-order valence-corrected chi connectivity index (χ1v) is 14.0. The Bertz CT molecular complexity index is 1210. The summed E-state index contributed by atoms with van der Waals surface area (Å²) in [5.74, 6) is -0.0664. The minimum Gasteiger partial charge on any atom is -0.489 e. The van der Waals surface area contributed by atoms with E-state index in [-0.39, 0.29) is 17.8 Å². The number of rotatable bonds is 6. The molecule has 1 atom stereocenters. The predicted octanol–water partition coefficient (Wildman–Crippen LogP) is 7.01. The summed E-state index contributed by atoms with van der Waals surface area (Å²) in [5, 5.41) is 3.21. The number of benzene rings is 2. The molecule has 2 amide bonds. The van der Waals surface area contributed by atoms with E-state index in [9.17, 15) is 22.8 Å². The molecular formula is C29H35ClF3N3O5. The Labute approximate surface area is 242 Å². The highest BCUT2D eigenvalue weighted by atomic mass is 35.5. The van der Waals surface area contributed by atoms with Crippen LogP contribution in [0.1, 0.15) is 52.9 Å². The molecule has 2 saturated heterocycles. The molecule has 0 bridgehead atoms. The molecule has 224 valence electrons. The van der Waals surface area contributed by atoms with Gasteiger partial charge >= 0.3 is 12.5 Å². The van der Waals surface area contributed by atoms with Crippen LogP contribution in [0.3, 0.4) is 0 Å². The first-order chi connectivity index (χ1) is 19.3. The quantitative estimate of drug-likeness (QED) is 0.386. The zero-order chi connectivity index (χ0) is 29.8. The van der Waals surface area contributed by atoms with Gasteiger partial charge in [0.1, 0.15) is 29.2 Å². The van der Waals surface area contributed by atoms with E-state index < -0.39 is 24.1 Å². The number of carbonyl (C=O) groups excluding carboxylic acids is 2. The standard InChI is InChI=1S/C29H35ClF3N3O5/c1-28(2,3)41-27(38)36-15-5-4-6-24(36)26(37)34-19-7-12-25(23(30)18-19)39-21-13-16-35(17-14-21)20-8-10-22(11-9-20)40-29(31,32)33/h7-12,18,21,24H,4-6,13-17H2,1-3H3,(H,34,37)/t24-/m1/s1. The van der Waals surface area contributed by atoms with Gasteiger partial charge in [0, 0.05) is 43.9 Å². The summed E-state index contributed by atoms with van der Waals surface area (Å²) in [6.07, 6.45) is -1.75. The van der Waals surface area contributed by atoms with Crippen LogP contribution in [0.15, 0.2) is 42.5 Å². The molecule has 2 aromatic rings. The van der Waals surface area contributed by atoms with Crippen LogP contribution < -0.4 is 19.7 Å². The number of ether oxygens (including phenoxy) is 3. The van der Waals surface area contributed by atoms with Crippen LogP contribution in [-0.2, 0) is 9.53 Å². The molecule has 2 heterocycles. The maximum absolute atomic E-state index is 13.1. The molecule has 0 aromatic heterocycles. The van der Waals surface area contributed by atoms with Crippen molar-refractivity contribution >= 4 is 35.0 Å². The SMILES string of the molecule is CC(C)(C)OC(=O)N1CCCC[C@@H]1C(=O)Nc1ccc(OC2CCN(c3ccc(OC(F)(F)F)cc3)CC2)c(Cl)c1. The Morgan fingerprint density at radius 2 is 1.63 bits per heavy atom. The van der Waals surface area contributed by atoms with E-state index in [1.807, 2.05) is 0 Å². The molecule has 0 saturated carbocycles. The number of hydrogen-bond donors (Lipinski definition) is 1. The molecule has 2 aromatic carbocycles. The first kappa shape index (κ1) is 30.6. The largest absolute Gasteiger partial charge is 0.573 e. The Balaban J connectivity index is 1.29. The Morgan fingerprint density at radius 3 is 2.24 bits per heavy atom. The second-order valence-electron chi connectivity index (χ2n) is 11.2. The third-order valence-corrected chi connectivity index (χ3v) is 7.10. The van der Waals surface area contributed by atoms with E-state index in [1.165, 1.54) is 17.0 Å². The Kier molecular flexibility index (Phi) is 9.46. The van der Waals surface area contributed by atoms with Gasteiger partial charge in [0.25, 0.3) is 0 Å². The van der Waals surface area contributed by atoms with Crippen molar-refractivity contribution in [1.82, 2.24) is 4.90 Å². The number of nitrogens with zero attached hydrogens (tertiary/aromatic N) is 2. The average Bonchev–Trinajstić information content (AvgIpc) is 2.89. The number of carbonyl (C=O) groups is 2. The summed E-state index contributed by atoms with van der Waals surface area (Å²) in [6, 6.07) is 10.2. The van der Waals surface area contributed by atoms with Gasteiger partial charge in [-0.25, -0.2) is 4.79 Å². The smallest absolute Gasteiger partial charge is 0.489 e. The van der Waals surface area contributed by atoms with Gasteiger partial charge in [-0.1, -0.05) is 11.6 Å². The van der Waals surface area contributed by atoms with Crippen LogP contribution in [0.4, 0.5) is 29.3 Å². The highest BCUT2D eigenvalue weighted by Crippen LogP contribution is 2.32. The summed E-state index contributed by atoms with van der Waals surface area (Å²) in [6.45, 7) is 7.14. The van der Waals surface area contributed by atoms with Crippen LogP contribution in [0, 0.1) is 0 Å². The first-order valence-electron chi connectivity index (χ1n) is 13.6. The number of piperidine rings is 2. The van der Waals surface area contributed by atoms with Gasteiger partial charge in [0.05, 0.1) is 5.02 Å². The van der Waals surface area contributed by atoms with E-state index in [4.69, 9.17) is 21.1 Å². The summed E-state index contributed by atoms with van der Waals surface area (Å²) in [4.78, 5) is 29.3. The fourth-order valence-electron chi connectivity index (χ4n) is 4.91. The molecule has 1 N–H and O–H groups in total. The summed E-state index contributed by atoms with van der Waals surface area (Å²) < 4.78 is 52.7. The average molecular weight is 598 g/mol. The fraction of sp³-hybridized carbons (Fsp3) is 0.517. The molecule has 8 nitrogen and oxygen atoms in total. The van der Waals surface area contributed by atoms with Gasteiger partial charge in [-0.15, -0.1) is 13.2 Å². The van der Waals surface area contributed by atoms with Crippen molar-refractivity contribution in [2.24, 2.45) is 0 Å². The van der Waals surface area contributed by atoms with Crippen LogP contribution in [0.2, 0.25) is 5.02 Å². The molecular weight excluding hydrogens is 563 g/mol. The van der Waals surface area contributed by atoms with E-state index in [0.29, 0.717) is 55.4 Å². The number of likely N-dealkylation sites (tertiary alicyclic amines) is 1. The number of amides is 2. The molecule has 0 aliphatic carbocycles. The van der Waals surface area contributed by atoms with E-state index >= 15 is 0 Å². The molecule has 0 unspecified atom stereocenters. The minimum atomic E-state index is -4.72. The number of nitrogens with one attached hydrogen (secondary N) is 1. The molecule has 4 rings (SSSR count). The van der Waals surface area contributed by atoms with Crippen LogP contribution in [0.25, 0.3) is 0 Å². The molecule has 2 fully saturated rings. The zero-order valence-electron chi connectivity index (χ0n) is 23.3. The van der Waals surface area contributed by atoms with Gasteiger partial charge in [-0.2, -0.15) is 0 Å². The number of anilines is 2. The van der Waals surface area contributed by atoms with Crippen LogP contribution in [-0.4, -0.2) is 60.6 Å². The molecule has 41 heavy (non-hydrogen) atoms. The van der Waals surface area contributed by atoms with Gasteiger partial charge in [0.15, 0.2) is 0 Å². The van der Waals surface area contributed by atoms with Crippen LogP contribution >= 0.6 is 11.6 Å². The fourth-order valence-corrected chi connectivity index (χ4v) is 5.14. The zero-order valence-corrected chi connectivity index (χ0v) is 24.1. The lowest BCUT2D eigenvalue weighted by Crippen LogP contribution is -2.51. The van der Waals surface area contributed by atoms with Crippen molar-refractivity contribution < 1.29 is 37.0 Å². The molecule has 2 aliphatic heterocycles. The highest BCUT2D eigenvalue weighted by Gasteiger charge is 2.35. The van der Waals surface area contributed by atoms with Crippen molar-refractivity contribution in [1.29, 1.82) is 0 Å². The minimum absolute atomic E-state index is 0.0957. The Morgan fingerprint density at radius 1 is 0.951 bits per heavy atom. The van der Waals surface area contributed by atoms with Gasteiger partial charge in [-0.3, -0.25) is 9.69 Å². The Hall–Kier alpha value is -3.34. The summed E-state index contributed by atoms with van der Waals surface area (Å²) >= 11 is 6.49. The normalized spacial score (nSPS) is 18.6. The molecule has 0 radical (unpaired) electrons. The third-order valence-electron chi connectivity index (χ3n) is 6.80. The second-order valence-corrected chi connectivity index (χ2v) is 11.6. The number of alkyl halides is 3. The molecule has 2 aliphatic rings. The van der Waals surface area contributed by atoms with Crippen molar-refractivity contribution in [2.45, 2.75) is 77.0 Å². The van der Waals surface area contributed by atoms with Gasteiger partial charge < -0.3 is 24.4 Å². The van der Waals surface area contributed by atoms with Crippen molar-refractivity contribution in [3.63, 3.8) is 0 Å². The monoisotopic (exact) mass is 597 g/mol. The highest BCUT2D eigenvalue weighted by molar-refractivity contribution is 6.32. The lowest BCUT2D eigenvalue weighted by atomic mass is 10.0. The second kappa shape index (κ2) is 12.7. The van der Waals surface area contributed by atoms with E-state index in [1.54, 1.807) is 51.1 Å². The van der Waals surface area contributed by atoms with Gasteiger partial charge in [0.2, 0.25) is 5.91 Å². The maximum Gasteiger partial charge on any atom is 0.573 e. The molecule has 0 spiro atoms. The summed E-state index contributed by atoms with van der Waals surface area (Å²) in [7, 11) is 0. The van der Waals surface area contributed by atoms with Crippen molar-refractivity contribution in [3.8, 4) is 11.5 Å². The molecule has 12 heteroatoms. The topological polar surface area (TPSA) is 80.3 Å². The third kappa shape index (κ3) is 8.82. The number of hydrogen-bond acceptors (Lipinski definition) is 6. The number of halogens is 4. The lowest BCUT2D eigenvalue weighted by molar-refractivity contribution is -0.274. The van der Waals surface area contributed by atoms with E-state index in [2.05, 4.69) is 15.0 Å². The van der Waals surface area contributed by atoms with Crippen molar-refractivity contribution in [2.75, 3.05) is 29.9 Å². The maximum atomic E-state index is 13.1. The van der Waals surface area contributed by atoms with E-state index in [0.717, 1.165) is 18.5 Å². The predicted molar refractivity (Wildman–Crippen MR) is 150 cm³/mol. The van der Waals surface area contributed by atoms with Crippen molar-refractivity contribution in [3.05, 3.63) is 47.5 Å². The summed E-state index contributed by atoms with van der Waals surface area (Å²) in [5.41, 5.74) is 0.644. The lowest BCUT2D eigenvalue weighted by Gasteiger charge is -2.35.